The minimum Gasteiger partial charge on any atom is -0.337 e. The molecule has 1 aromatic carbocycles. The summed E-state index contributed by atoms with van der Waals surface area (Å²) in [7, 11) is -1.40. The molecule has 0 aliphatic carbocycles. The fourth-order valence-corrected chi connectivity index (χ4v) is 5.41. The Morgan fingerprint density at radius 3 is 2.57 bits per heavy atom. The average molecular weight is 353 g/mol. The number of hydrogen-bond donors (Lipinski definition) is 0. The highest BCUT2D eigenvalue weighted by atomic mass is 32.2. The summed E-state index contributed by atoms with van der Waals surface area (Å²) in [6.07, 6.45) is 0.474. The maximum Gasteiger partial charge on any atom is 0.264 e. The van der Waals surface area contributed by atoms with E-state index in [4.69, 9.17) is 0 Å². The third-order valence-electron chi connectivity index (χ3n) is 4.09. The van der Waals surface area contributed by atoms with Gasteiger partial charge in [-0.1, -0.05) is 12.1 Å². The van der Waals surface area contributed by atoms with Crippen LogP contribution in [-0.2, 0) is 9.84 Å². The molecular formula is C16H16FNO3S2. The molecule has 2 aromatic rings. The van der Waals surface area contributed by atoms with E-state index in [1.165, 1.54) is 28.4 Å². The second-order valence-electron chi connectivity index (χ2n) is 5.64. The van der Waals surface area contributed by atoms with Crippen LogP contribution in [0.1, 0.15) is 16.1 Å². The van der Waals surface area contributed by atoms with Gasteiger partial charge in [-0.3, -0.25) is 4.79 Å². The fraction of sp³-hybridized carbons (Fsp3) is 0.312. The van der Waals surface area contributed by atoms with Gasteiger partial charge in [0.25, 0.3) is 5.91 Å². The summed E-state index contributed by atoms with van der Waals surface area (Å²) >= 11 is 1.31. The van der Waals surface area contributed by atoms with Gasteiger partial charge >= 0.3 is 0 Å². The molecule has 1 fully saturated rings. The first-order valence-corrected chi connectivity index (χ1v) is 9.88. The predicted octanol–water partition coefficient (Wildman–Crippen LogP) is 2.81. The van der Waals surface area contributed by atoms with E-state index in [2.05, 4.69) is 0 Å². The molecule has 3 rings (SSSR count). The van der Waals surface area contributed by atoms with Gasteiger partial charge in [-0.2, -0.15) is 0 Å². The topological polar surface area (TPSA) is 54.5 Å². The Bertz CT molecular complexity index is 827. The summed E-state index contributed by atoms with van der Waals surface area (Å²) in [4.78, 5) is 14.8. The van der Waals surface area contributed by atoms with E-state index < -0.39 is 9.84 Å². The molecule has 1 amide bonds. The number of hydrogen-bond acceptors (Lipinski definition) is 4. The van der Waals surface area contributed by atoms with Gasteiger partial charge in [-0.05, 0) is 35.6 Å². The van der Waals surface area contributed by atoms with E-state index in [9.17, 15) is 17.6 Å². The highest BCUT2D eigenvalue weighted by Gasteiger charge is 2.33. The van der Waals surface area contributed by atoms with Gasteiger partial charge in [0.15, 0.2) is 9.84 Å². The maximum atomic E-state index is 13.1. The van der Waals surface area contributed by atoms with Gasteiger partial charge in [-0.25, -0.2) is 12.8 Å². The first-order valence-electron chi connectivity index (χ1n) is 7.18. The van der Waals surface area contributed by atoms with Crippen LogP contribution >= 0.6 is 11.3 Å². The van der Waals surface area contributed by atoms with Crippen LogP contribution < -0.4 is 0 Å². The molecule has 0 saturated carbocycles. The van der Waals surface area contributed by atoms with Crippen LogP contribution in [0.5, 0.6) is 0 Å². The second-order valence-corrected chi connectivity index (χ2v) is 8.79. The van der Waals surface area contributed by atoms with Crippen molar-refractivity contribution in [2.75, 3.05) is 18.6 Å². The number of amides is 1. The van der Waals surface area contributed by atoms with E-state index >= 15 is 0 Å². The zero-order chi connectivity index (χ0) is 16.6. The summed E-state index contributed by atoms with van der Waals surface area (Å²) in [5, 5.41) is 1.81. The first-order chi connectivity index (χ1) is 10.9. The summed E-state index contributed by atoms with van der Waals surface area (Å²) < 4.78 is 36.3. The van der Waals surface area contributed by atoms with Crippen molar-refractivity contribution >= 4 is 27.1 Å². The Balaban J connectivity index is 1.86. The largest absolute Gasteiger partial charge is 0.337 e. The van der Waals surface area contributed by atoms with E-state index in [1.54, 1.807) is 19.2 Å². The van der Waals surface area contributed by atoms with Crippen LogP contribution in [0.25, 0.3) is 11.1 Å². The Kier molecular flexibility index (Phi) is 4.25. The lowest BCUT2D eigenvalue weighted by molar-refractivity contribution is 0.0753. The molecule has 0 N–H and O–H groups in total. The molecule has 0 unspecified atom stereocenters. The van der Waals surface area contributed by atoms with Crippen molar-refractivity contribution in [1.82, 2.24) is 4.90 Å². The van der Waals surface area contributed by atoms with E-state index in [0.717, 1.165) is 11.1 Å². The lowest BCUT2D eigenvalue weighted by Gasteiger charge is -2.23. The molecular weight excluding hydrogens is 337 g/mol. The van der Waals surface area contributed by atoms with Gasteiger partial charge in [0.2, 0.25) is 0 Å². The van der Waals surface area contributed by atoms with Gasteiger partial charge < -0.3 is 4.90 Å². The number of sulfone groups is 1. The van der Waals surface area contributed by atoms with Crippen molar-refractivity contribution in [3.8, 4) is 11.1 Å². The Morgan fingerprint density at radius 2 is 1.96 bits per heavy atom. The molecule has 122 valence electrons. The standard InChI is InChI=1S/C16H16FNO3S2/c1-18(13-7-9-23(20,21)10-13)16(19)15-14(6-8-22-15)11-2-4-12(17)5-3-11/h2-6,8,13H,7,9-10H2,1H3/t13-/m0/s1. The van der Waals surface area contributed by atoms with Crippen molar-refractivity contribution in [2.24, 2.45) is 0 Å². The third-order valence-corrected chi connectivity index (χ3v) is 6.74. The molecule has 1 atom stereocenters. The first kappa shape index (κ1) is 16.1. The smallest absolute Gasteiger partial charge is 0.264 e. The predicted molar refractivity (Wildman–Crippen MR) is 88.9 cm³/mol. The van der Waals surface area contributed by atoms with E-state index in [-0.39, 0.29) is 29.3 Å². The number of nitrogens with zero attached hydrogens (tertiary/aromatic N) is 1. The number of carbonyl (C=O) groups excluding carboxylic acids is 1. The Labute approximate surface area is 138 Å². The lowest BCUT2D eigenvalue weighted by atomic mass is 10.1. The molecule has 23 heavy (non-hydrogen) atoms. The van der Waals surface area contributed by atoms with E-state index in [1.807, 2.05) is 11.4 Å². The van der Waals surface area contributed by atoms with Crippen LogP contribution in [0.4, 0.5) is 4.39 Å². The van der Waals surface area contributed by atoms with Crippen LogP contribution in [0.15, 0.2) is 35.7 Å². The van der Waals surface area contributed by atoms with Gasteiger partial charge in [0.1, 0.15) is 5.82 Å². The molecule has 1 aromatic heterocycles. The number of rotatable bonds is 3. The van der Waals surface area contributed by atoms with Crippen molar-refractivity contribution < 1.29 is 17.6 Å². The molecule has 7 heteroatoms. The summed E-state index contributed by atoms with van der Waals surface area (Å²) in [5.74, 6) is -0.372. The zero-order valence-electron chi connectivity index (χ0n) is 12.5. The SMILES string of the molecule is CN(C(=O)c1sccc1-c1ccc(F)cc1)[C@H]1CCS(=O)(=O)C1. The molecule has 1 aliphatic heterocycles. The number of thiophene rings is 1. The van der Waals surface area contributed by atoms with Gasteiger partial charge in [-0.15, -0.1) is 11.3 Å². The molecule has 0 radical (unpaired) electrons. The number of halogens is 1. The summed E-state index contributed by atoms with van der Waals surface area (Å²) in [6.45, 7) is 0. The minimum absolute atomic E-state index is 0.0203. The quantitative estimate of drug-likeness (QED) is 0.853. The van der Waals surface area contributed by atoms with Crippen LogP contribution in [0.2, 0.25) is 0 Å². The molecule has 0 bridgehead atoms. The van der Waals surface area contributed by atoms with Crippen LogP contribution in [0, 0.1) is 5.82 Å². The molecule has 0 spiro atoms. The van der Waals surface area contributed by atoms with Crippen LogP contribution in [-0.4, -0.2) is 43.8 Å². The highest BCUT2D eigenvalue weighted by Crippen LogP contribution is 2.30. The van der Waals surface area contributed by atoms with Crippen molar-refractivity contribution in [3.63, 3.8) is 0 Å². The summed E-state index contributed by atoms with van der Waals surface area (Å²) in [5.41, 5.74) is 1.51. The van der Waals surface area contributed by atoms with Crippen molar-refractivity contribution in [3.05, 3.63) is 46.4 Å². The Hall–Kier alpha value is -1.73. The molecule has 2 heterocycles. The summed E-state index contributed by atoms with van der Waals surface area (Å²) in [6, 6.07) is 7.52. The fourth-order valence-electron chi connectivity index (χ4n) is 2.74. The lowest BCUT2D eigenvalue weighted by Crippen LogP contribution is -2.37. The van der Waals surface area contributed by atoms with Gasteiger partial charge in [0.05, 0.1) is 16.4 Å². The monoisotopic (exact) mass is 353 g/mol. The maximum absolute atomic E-state index is 13.1. The number of carbonyl (C=O) groups is 1. The van der Waals surface area contributed by atoms with E-state index in [0.29, 0.717) is 11.3 Å². The van der Waals surface area contributed by atoms with Crippen molar-refractivity contribution in [2.45, 2.75) is 12.5 Å². The molecule has 1 aliphatic rings. The highest BCUT2D eigenvalue weighted by molar-refractivity contribution is 7.91. The Morgan fingerprint density at radius 1 is 1.26 bits per heavy atom. The van der Waals surface area contributed by atoms with Gasteiger partial charge in [0, 0.05) is 18.7 Å². The number of benzene rings is 1. The normalized spacial score (nSPS) is 19.7. The zero-order valence-corrected chi connectivity index (χ0v) is 14.2. The average Bonchev–Trinajstić information content (AvgIpc) is 3.13. The van der Waals surface area contributed by atoms with Crippen molar-refractivity contribution in [1.29, 1.82) is 0 Å². The van der Waals surface area contributed by atoms with Crippen LogP contribution in [0.3, 0.4) is 0 Å². The molecule has 1 saturated heterocycles. The second kappa shape index (κ2) is 6.05. The third kappa shape index (κ3) is 3.30. The molecule has 4 nitrogen and oxygen atoms in total. The minimum atomic E-state index is -3.04.